The van der Waals surface area contributed by atoms with E-state index in [9.17, 15) is 14.7 Å². The Balaban J connectivity index is 2.40. The molecule has 0 aromatic carbocycles. The number of morpholine rings is 1. The van der Waals surface area contributed by atoms with Gasteiger partial charge in [-0.05, 0) is 18.6 Å². The zero-order chi connectivity index (χ0) is 13.1. The van der Waals surface area contributed by atoms with Gasteiger partial charge in [0.15, 0.2) is 6.10 Å². The highest BCUT2D eigenvalue weighted by Gasteiger charge is 2.41. The number of nitrogens with zero attached hydrogens (tertiary/aromatic N) is 2. The van der Waals surface area contributed by atoms with Gasteiger partial charge in [0.1, 0.15) is 6.61 Å². The largest absolute Gasteiger partial charge is 0.479 e. The third kappa shape index (κ3) is 2.19. The van der Waals surface area contributed by atoms with E-state index in [-0.39, 0.29) is 12.5 Å². The number of likely N-dealkylation sites (N-methyl/N-ethyl adjacent to an activating group) is 1. The first-order valence-corrected chi connectivity index (χ1v) is 5.69. The van der Waals surface area contributed by atoms with Gasteiger partial charge in [-0.2, -0.15) is 0 Å². The topological polar surface area (TPSA) is 79.7 Å². The number of rotatable bonds is 3. The summed E-state index contributed by atoms with van der Waals surface area (Å²) < 4.78 is 5.13. The Hall–Kier alpha value is -1.95. The van der Waals surface area contributed by atoms with Crippen molar-refractivity contribution in [3.8, 4) is 0 Å². The van der Waals surface area contributed by atoms with Crippen LogP contribution in [-0.2, 0) is 14.3 Å². The Morgan fingerprint density at radius 1 is 1.67 bits per heavy atom. The molecular formula is C12H14N2O4. The van der Waals surface area contributed by atoms with Crippen LogP contribution in [-0.4, -0.2) is 46.1 Å². The summed E-state index contributed by atoms with van der Waals surface area (Å²) in [7, 11) is 0. The van der Waals surface area contributed by atoms with E-state index in [1.165, 1.54) is 4.90 Å². The molecule has 1 amide bonds. The molecule has 1 aliphatic rings. The van der Waals surface area contributed by atoms with Gasteiger partial charge in [-0.1, -0.05) is 6.07 Å². The summed E-state index contributed by atoms with van der Waals surface area (Å²) in [6, 6.07) is 2.83. The molecule has 6 heteroatoms. The van der Waals surface area contributed by atoms with Crippen molar-refractivity contribution in [2.24, 2.45) is 0 Å². The van der Waals surface area contributed by atoms with Gasteiger partial charge < -0.3 is 14.7 Å². The van der Waals surface area contributed by atoms with Crippen LogP contribution in [0.1, 0.15) is 18.5 Å². The first-order chi connectivity index (χ1) is 8.65. The molecule has 2 unspecified atom stereocenters. The molecule has 2 rings (SSSR count). The van der Waals surface area contributed by atoms with Crippen molar-refractivity contribution in [3.63, 3.8) is 0 Å². The Bertz CT molecular complexity index is 447. The van der Waals surface area contributed by atoms with Crippen LogP contribution in [0.25, 0.3) is 0 Å². The van der Waals surface area contributed by atoms with E-state index in [1.807, 2.05) is 6.92 Å². The molecule has 1 N–H and O–H groups in total. The zero-order valence-corrected chi connectivity index (χ0v) is 9.94. The molecule has 0 spiro atoms. The standard InChI is InChI=1S/C12H14N2O4/c1-2-14-9(15)7-18-11(12(16)17)10(14)8-4-3-5-13-6-8/h3-6,10-11H,2,7H2,1H3,(H,16,17). The van der Waals surface area contributed by atoms with Gasteiger partial charge in [-0.25, -0.2) is 4.79 Å². The number of hydrogen-bond donors (Lipinski definition) is 1. The molecule has 0 bridgehead atoms. The van der Waals surface area contributed by atoms with E-state index < -0.39 is 18.1 Å². The lowest BCUT2D eigenvalue weighted by Gasteiger charge is -2.38. The van der Waals surface area contributed by atoms with Gasteiger partial charge >= 0.3 is 5.97 Å². The fourth-order valence-electron chi connectivity index (χ4n) is 2.14. The van der Waals surface area contributed by atoms with Gasteiger partial charge in [0.05, 0.1) is 6.04 Å². The van der Waals surface area contributed by atoms with Crippen LogP contribution >= 0.6 is 0 Å². The Morgan fingerprint density at radius 3 is 3.00 bits per heavy atom. The summed E-state index contributed by atoms with van der Waals surface area (Å²) >= 11 is 0. The SMILES string of the molecule is CCN1C(=O)COC(C(=O)O)C1c1cccnc1. The molecule has 1 saturated heterocycles. The van der Waals surface area contributed by atoms with E-state index in [2.05, 4.69) is 4.98 Å². The third-order valence-electron chi connectivity index (χ3n) is 2.94. The molecule has 1 aromatic rings. The minimum absolute atomic E-state index is 0.193. The quantitative estimate of drug-likeness (QED) is 0.842. The second kappa shape index (κ2) is 5.14. The van der Waals surface area contributed by atoms with Crippen LogP contribution in [0.15, 0.2) is 24.5 Å². The zero-order valence-electron chi connectivity index (χ0n) is 9.94. The van der Waals surface area contributed by atoms with Gasteiger partial charge in [0.2, 0.25) is 5.91 Å². The number of carboxylic acids is 1. The predicted octanol–water partition coefficient (Wildman–Crippen LogP) is 0.455. The number of carbonyl (C=O) groups is 2. The van der Waals surface area contributed by atoms with Crippen molar-refractivity contribution >= 4 is 11.9 Å². The monoisotopic (exact) mass is 250 g/mol. The normalized spacial score (nSPS) is 24.1. The molecule has 1 fully saturated rings. The molecular weight excluding hydrogens is 236 g/mol. The summed E-state index contributed by atoms with van der Waals surface area (Å²) in [5, 5.41) is 9.19. The van der Waals surface area contributed by atoms with E-state index in [0.29, 0.717) is 12.1 Å². The summed E-state index contributed by atoms with van der Waals surface area (Å²) in [5.74, 6) is -1.28. The summed E-state index contributed by atoms with van der Waals surface area (Å²) in [6.07, 6.45) is 2.11. The molecule has 6 nitrogen and oxygen atoms in total. The predicted molar refractivity (Wildman–Crippen MR) is 61.7 cm³/mol. The number of pyridine rings is 1. The van der Waals surface area contributed by atoms with Crippen molar-refractivity contribution in [2.75, 3.05) is 13.2 Å². The molecule has 2 heterocycles. The van der Waals surface area contributed by atoms with Crippen molar-refractivity contribution in [3.05, 3.63) is 30.1 Å². The fourth-order valence-corrected chi connectivity index (χ4v) is 2.14. The maximum absolute atomic E-state index is 11.8. The number of aliphatic carboxylic acids is 1. The second-order valence-electron chi connectivity index (χ2n) is 3.98. The van der Waals surface area contributed by atoms with Gasteiger partial charge in [-0.3, -0.25) is 9.78 Å². The van der Waals surface area contributed by atoms with Crippen molar-refractivity contribution in [1.29, 1.82) is 0 Å². The molecule has 96 valence electrons. The smallest absolute Gasteiger partial charge is 0.335 e. The van der Waals surface area contributed by atoms with Crippen LogP contribution in [0, 0.1) is 0 Å². The molecule has 2 atom stereocenters. The summed E-state index contributed by atoms with van der Waals surface area (Å²) in [6.45, 7) is 2.05. The Labute approximate surface area is 104 Å². The number of amides is 1. The molecule has 1 aliphatic heterocycles. The van der Waals surface area contributed by atoms with E-state index in [1.54, 1.807) is 24.5 Å². The van der Waals surface area contributed by atoms with Crippen LogP contribution in [0.4, 0.5) is 0 Å². The lowest BCUT2D eigenvalue weighted by Crippen LogP contribution is -2.51. The van der Waals surface area contributed by atoms with Crippen LogP contribution < -0.4 is 0 Å². The minimum atomic E-state index is -1.07. The lowest BCUT2D eigenvalue weighted by atomic mass is 9.99. The highest BCUT2D eigenvalue weighted by Crippen LogP contribution is 2.29. The maximum Gasteiger partial charge on any atom is 0.335 e. The molecule has 0 radical (unpaired) electrons. The highest BCUT2D eigenvalue weighted by molar-refractivity contribution is 5.82. The maximum atomic E-state index is 11.8. The average Bonchev–Trinajstić information content (AvgIpc) is 2.39. The number of carbonyl (C=O) groups excluding carboxylic acids is 1. The lowest BCUT2D eigenvalue weighted by molar-refractivity contribution is -0.172. The summed E-state index contributed by atoms with van der Waals surface area (Å²) in [4.78, 5) is 28.5. The molecule has 0 saturated carbocycles. The first kappa shape index (κ1) is 12.5. The highest BCUT2D eigenvalue weighted by atomic mass is 16.5. The fraction of sp³-hybridized carbons (Fsp3) is 0.417. The Morgan fingerprint density at radius 2 is 2.44 bits per heavy atom. The number of aromatic nitrogens is 1. The first-order valence-electron chi connectivity index (χ1n) is 5.69. The van der Waals surface area contributed by atoms with Gasteiger partial charge in [-0.15, -0.1) is 0 Å². The summed E-state index contributed by atoms with van der Waals surface area (Å²) in [5.41, 5.74) is 0.666. The van der Waals surface area contributed by atoms with Crippen molar-refractivity contribution in [2.45, 2.75) is 19.1 Å². The van der Waals surface area contributed by atoms with Gasteiger partial charge in [0.25, 0.3) is 0 Å². The van der Waals surface area contributed by atoms with Crippen LogP contribution in [0.3, 0.4) is 0 Å². The molecule has 0 aliphatic carbocycles. The van der Waals surface area contributed by atoms with E-state index >= 15 is 0 Å². The number of ether oxygens (including phenoxy) is 1. The number of carboxylic acid groups (broad SMARTS) is 1. The van der Waals surface area contributed by atoms with Crippen LogP contribution in [0.5, 0.6) is 0 Å². The van der Waals surface area contributed by atoms with E-state index in [0.717, 1.165) is 0 Å². The van der Waals surface area contributed by atoms with Crippen molar-refractivity contribution in [1.82, 2.24) is 9.88 Å². The minimum Gasteiger partial charge on any atom is -0.479 e. The average molecular weight is 250 g/mol. The van der Waals surface area contributed by atoms with Crippen molar-refractivity contribution < 1.29 is 19.4 Å². The third-order valence-corrected chi connectivity index (χ3v) is 2.94. The van der Waals surface area contributed by atoms with Gasteiger partial charge in [0, 0.05) is 18.9 Å². The number of hydrogen-bond acceptors (Lipinski definition) is 4. The van der Waals surface area contributed by atoms with E-state index in [4.69, 9.17) is 4.74 Å². The molecule has 1 aromatic heterocycles. The van der Waals surface area contributed by atoms with Crippen LogP contribution in [0.2, 0.25) is 0 Å². The molecule has 18 heavy (non-hydrogen) atoms. The second-order valence-corrected chi connectivity index (χ2v) is 3.98. The Kier molecular flexibility index (Phi) is 3.57.